The van der Waals surface area contributed by atoms with Crippen LogP contribution in [-0.4, -0.2) is 11.3 Å². The van der Waals surface area contributed by atoms with Gasteiger partial charge < -0.3 is 0 Å². The van der Waals surface area contributed by atoms with Crippen molar-refractivity contribution < 1.29 is 4.79 Å². The van der Waals surface area contributed by atoms with Crippen molar-refractivity contribution in [3.05, 3.63) is 41.0 Å². The number of carbonyl (C=O) groups excluding carboxylic acids is 1. The zero-order chi connectivity index (χ0) is 11.7. The van der Waals surface area contributed by atoms with Gasteiger partial charge in [0.05, 0.1) is 0 Å². The highest BCUT2D eigenvalue weighted by atomic mass is 16.1. The van der Waals surface area contributed by atoms with Gasteiger partial charge in [-0.3, -0.25) is 9.78 Å². The zero-order valence-corrected chi connectivity index (χ0v) is 9.53. The second kappa shape index (κ2) is 9.84. The predicted molar refractivity (Wildman–Crippen MR) is 71.8 cm³/mol. The van der Waals surface area contributed by atoms with E-state index in [0.717, 1.165) is 16.7 Å². The topological polar surface area (TPSA) is 30.0 Å². The van der Waals surface area contributed by atoms with Crippen LogP contribution in [-0.2, 0) is 0 Å². The van der Waals surface area contributed by atoms with Crippen LogP contribution in [0.1, 0.15) is 38.7 Å². The first-order valence-electron chi connectivity index (χ1n) is 5.02. The predicted octanol–water partition coefficient (Wildman–Crippen LogP) is 2.32. The highest BCUT2D eigenvalue weighted by Crippen LogP contribution is 1.77. The Morgan fingerprint density at radius 2 is 2.00 bits per heavy atom. The largest absolute Gasteiger partial charge is 0.296 e. The second-order valence-corrected chi connectivity index (χ2v) is 2.51. The third kappa shape index (κ3) is 4.22. The van der Waals surface area contributed by atoms with Crippen molar-refractivity contribution in [3.8, 4) is 0 Å². The summed E-state index contributed by atoms with van der Waals surface area (Å²) in [6, 6.07) is 1.86. The van der Waals surface area contributed by atoms with Crippen molar-refractivity contribution >= 4 is 18.4 Å². The maximum atomic E-state index is 10.6. The molecule has 0 aliphatic heterocycles. The van der Waals surface area contributed by atoms with Gasteiger partial charge in [-0.05, 0) is 18.2 Å². The highest BCUT2D eigenvalue weighted by molar-refractivity contribution is 5.73. The van der Waals surface area contributed by atoms with E-state index in [1.807, 2.05) is 32.9 Å². The number of allylic oxidation sites excluding steroid dienone is 1. The first-order valence-corrected chi connectivity index (χ1v) is 5.02. The molecule has 0 bridgehead atoms. The van der Waals surface area contributed by atoms with Crippen LogP contribution in [0.4, 0.5) is 0 Å². The minimum absolute atomic E-state index is 0. The standard InChI is InChI=1S/C11H11NO.C2H6.CH4/c1-3-5-10-9(4-2)6-7-12-11(10)8-13;1-2;/h3-8H,1H2,2H3;1-2H3;1H4/b9-4-,10-5+;;. The molecule has 0 saturated carbocycles. The molecule has 1 heterocycles. The van der Waals surface area contributed by atoms with Crippen LogP contribution in [0.2, 0.25) is 0 Å². The van der Waals surface area contributed by atoms with Gasteiger partial charge in [-0.15, -0.1) is 0 Å². The lowest BCUT2D eigenvalue weighted by molar-refractivity contribution is 0.111. The molecule has 0 atom stereocenters. The summed E-state index contributed by atoms with van der Waals surface area (Å²) in [6.45, 7) is 9.51. The van der Waals surface area contributed by atoms with Gasteiger partial charge in [0, 0.05) is 11.4 Å². The van der Waals surface area contributed by atoms with Crippen LogP contribution in [0.15, 0.2) is 24.9 Å². The Morgan fingerprint density at radius 3 is 2.44 bits per heavy atom. The second-order valence-electron chi connectivity index (χ2n) is 2.51. The molecule has 0 spiro atoms. The van der Waals surface area contributed by atoms with Crippen LogP contribution in [0.5, 0.6) is 0 Å². The smallest absolute Gasteiger partial charge is 0.169 e. The average molecular weight is 219 g/mol. The van der Waals surface area contributed by atoms with Crippen LogP contribution in [0.25, 0.3) is 12.2 Å². The lowest BCUT2D eigenvalue weighted by atomic mass is 10.2. The normalized spacial score (nSPS) is 10.9. The van der Waals surface area contributed by atoms with Gasteiger partial charge in [-0.1, -0.05) is 46.1 Å². The SMILES string of the molecule is C.C=C/C=c1/c(C=O)ncc/c1=C/C.CC. The van der Waals surface area contributed by atoms with Gasteiger partial charge in [0.1, 0.15) is 5.69 Å². The van der Waals surface area contributed by atoms with Crippen molar-refractivity contribution in [1.29, 1.82) is 0 Å². The summed E-state index contributed by atoms with van der Waals surface area (Å²) in [5, 5.41) is 1.83. The van der Waals surface area contributed by atoms with Crippen molar-refractivity contribution in [2.45, 2.75) is 28.2 Å². The molecular formula is C14H21NO. The van der Waals surface area contributed by atoms with Crippen LogP contribution >= 0.6 is 0 Å². The van der Waals surface area contributed by atoms with E-state index in [9.17, 15) is 4.79 Å². The van der Waals surface area contributed by atoms with Gasteiger partial charge in [0.25, 0.3) is 0 Å². The van der Waals surface area contributed by atoms with E-state index in [0.29, 0.717) is 5.69 Å². The number of nitrogens with zero attached hydrogens (tertiary/aromatic N) is 1. The van der Waals surface area contributed by atoms with Gasteiger partial charge in [-0.2, -0.15) is 0 Å². The van der Waals surface area contributed by atoms with Gasteiger partial charge in [0.2, 0.25) is 0 Å². The molecule has 1 rings (SSSR count). The molecule has 0 N–H and O–H groups in total. The molecule has 1 aromatic rings. The number of aldehydes is 1. The molecule has 16 heavy (non-hydrogen) atoms. The summed E-state index contributed by atoms with van der Waals surface area (Å²) in [4.78, 5) is 14.6. The average Bonchev–Trinajstić information content (AvgIpc) is 2.32. The van der Waals surface area contributed by atoms with Crippen LogP contribution in [0.3, 0.4) is 0 Å². The van der Waals surface area contributed by atoms with E-state index in [4.69, 9.17) is 0 Å². The Labute approximate surface area is 98.0 Å². The third-order valence-electron chi connectivity index (χ3n) is 1.76. The molecule has 0 fully saturated rings. The Bertz CT molecular complexity index is 433. The van der Waals surface area contributed by atoms with Gasteiger partial charge >= 0.3 is 0 Å². The van der Waals surface area contributed by atoms with E-state index in [1.54, 1.807) is 18.3 Å². The fourth-order valence-corrected chi connectivity index (χ4v) is 1.15. The number of carbonyl (C=O) groups is 1. The molecule has 1 aromatic heterocycles. The maximum Gasteiger partial charge on any atom is 0.169 e. The Kier molecular flexibility index (Phi) is 10.3. The monoisotopic (exact) mass is 219 g/mol. The molecule has 88 valence electrons. The molecule has 2 heteroatoms. The van der Waals surface area contributed by atoms with E-state index >= 15 is 0 Å². The summed E-state index contributed by atoms with van der Waals surface area (Å²) >= 11 is 0. The summed E-state index contributed by atoms with van der Waals surface area (Å²) < 4.78 is 0. The zero-order valence-electron chi connectivity index (χ0n) is 9.53. The highest BCUT2D eigenvalue weighted by Gasteiger charge is 1.93. The number of hydrogen-bond donors (Lipinski definition) is 0. The molecule has 0 aliphatic carbocycles. The van der Waals surface area contributed by atoms with E-state index in [-0.39, 0.29) is 7.43 Å². The van der Waals surface area contributed by atoms with Crippen LogP contribution < -0.4 is 10.4 Å². The number of rotatable bonds is 2. The third-order valence-corrected chi connectivity index (χ3v) is 1.76. The quantitative estimate of drug-likeness (QED) is 0.715. The van der Waals surface area contributed by atoms with Gasteiger partial charge in [0.15, 0.2) is 6.29 Å². The number of aromatic nitrogens is 1. The van der Waals surface area contributed by atoms with E-state index < -0.39 is 0 Å². The van der Waals surface area contributed by atoms with Crippen molar-refractivity contribution in [3.63, 3.8) is 0 Å². The summed E-state index contributed by atoms with van der Waals surface area (Å²) in [6.07, 6.45) is 7.74. The summed E-state index contributed by atoms with van der Waals surface area (Å²) in [5.41, 5.74) is 0.454. The molecule has 0 amide bonds. The molecule has 0 aromatic carbocycles. The maximum absolute atomic E-state index is 10.6. The van der Waals surface area contributed by atoms with Gasteiger partial charge in [-0.25, -0.2) is 0 Å². The summed E-state index contributed by atoms with van der Waals surface area (Å²) in [7, 11) is 0. The van der Waals surface area contributed by atoms with Crippen molar-refractivity contribution in [2.24, 2.45) is 0 Å². The first-order chi connectivity index (χ1) is 7.33. The molecule has 0 aliphatic rings. The van der Waals surface area contributed by atoms with Crippen molar-refractivity contribution in [1.82, 2.24) is 4.98 Å². The van der Waals surface area contributed by atoms with E-state index in [2.05, 4.69) is 11.6 Å². The minimum Gasteiger partial charge on any atom is -0.296 e. The molecule has 0 unspecified atom stereocenters. The fourth-order valence-electron chi connectivity index (χ4n) is 1.15. The number of hydrogen-bond acceptors (Lipinski definition) is 2. The molecule has 0 saturated heterocycles. The molecular weight excluding hydrogens is 198 g/mol. The van der Waals surface area contributed by atoms with Crippen LogP contribution in [0, 0.1) is 0 Å². The lowest BCUT2D eigenvalue weighted by Crippen LogP contribution is -2.29. The molecule has 2 nitrogen and oxygen atoms in total. The summed E-state index contributed by atoms with van der Waals surface area (Å²) in [5.74, 6) is 0. The fraction of sp³-hybridized carbons (Fsp3) is 0.286. The Morgan fingerprint density at radius 1 is 1.38 bits per heavy atom. The minimum atomic E-state index is 0. The number of pyridine rings is 1. The Hall–Kier alpha value is -1.70. The molecule has 0 radical (unpaired) electrons. The lowest BCUT2D eigenvalue weighted by Gasteiger charge is -1.92. The first kappa shape index (κ1) is 16.7. The van der Waals surface area contributed by atoms with Crippen molar-refractivity contribution in [2.75, 3.05) is 0 Å². The Balaban J connectivity index is 0. The van der Waals surface area contributed by atoms with E-state index in [1.165, 1.54) is 0 Å².